The summed E-state index contributed by atoms with van der Waals surface area (Å²) in [5, 5.41) is 0. The zero-order valence-corrected chi connectivity index (χ0v) is 11.5. The van der Waals surface area contributed by atoms with Gasteiger partial charge in [-0.1, -0.05) is 0 Å². The topological polar surface area (TPSA) is 53.4 Å². The Morgan fingerprint density at radius 1 is 1.28 bits per heavy atom. The molecule has 0 atom stereocenters. The first-order chi connectivity index (χ1) is 8.65. The first kappa shape index (κ1) is 12.6. The van der Waals surface area contributed by atoms with Gasteiger partial charge in [0.15, 0.2) is 0 Å². The van der Waals surface area contributed by atoms with Crippen LogP contribution in [0, 0.1) is 0 Å². The van der Waals surface area contributed by atoms with E-state index in [1.165, 1.54) is 7.11 Å². The maximum atomic E-state index is 11.3. The molecule has 1 heterocycles. The number of carbonyl (C=O) groups is 1. The molecule has 0 N–H and O–H groups in total. The molecule has 0 aliphatic rings. The highest BCUT2D eigenvalue weighted by Gasteiger charge is 2.10. The Bertz CT molecular complexity index is 563. The monoisotopic (exact) mass is 310 g/mol. The summed E-state index contributed by atoms with van der Waals surface area (Å²) in [6.45, 7) is 0. The predicted octanol–water partition coefficient (Wildman–Crippen LogP) is 2.43. The lowest BCUT2D eigenvalue weighted by Crippen LogP contribution is -2.02. The van der Waals surface area contributed by atoms with Gasteiger partial charge in [-0.05, 0) is 40.2 Å². The summed E-state index contributed by atoms with van der Waals surface area (Å²) in [5.74, 6) is -0.361. The summed E-state index contributed by atoms with van der Waals surface area (Å²) >= 11 is 3.28. The Kier molecular flexibility index (Phi) is 3.66. The van der Waals surface area contributed by atoms with Gasteiger partial charge in [-0.2, -0.15) is 4.98 Å². The van der Waals surface area contributed by atoms with Gasteiger partial charge in [0.05, 0.1) is 25.5 Å². The van der Waals surface area contributed by atoms with E-state index >= 15 is 0 Å². The van der Waals surface area contributed by atoms with E-state index in [4.69, 9.17) is 4.74 Å². The van der Waals surface area contributed by atoms with E-state index in [-0.39, 0.29) is 5.97 Å². The molecule has 1 aromatic carbocycles. The fourth-order valence-electron chi connectivity index (χ4n) is 1.54. The van der Waals surface area contributed by atoms with Crippen LogP contribution in [0.25, 0.3) is 5.69 Å². The molecule has 0 aliphatic heterocycles. The van der Waals surface area contributed by atoms with E-state index < -0.39 is 0 Å². The van der Waals surface area contributed by atoms with Crippen molar-refractivity contribution in [2.24, 2.45) is 0 Å². The van der Waals surface area contributed by atoms with E-state index in [0.717, 1.165) is 5.69 Å². The van der Waals surface area contributed by atoms with Crippen LogP contribution in [0.2, 0.25) is 0 Å². The van der Waals surface area contributed by atoms with E-state index in [2.05, 4.69) is 25.7 Å². The zero-order valence-electron chi connectivity index (χ0n) is 9.88. The molecule has 18 heavy (non-hydrogen) atoms. The average Bonchev–Trinajstić information content (AvgIpc) is 2.79. The van der Waals surface area contributed by atoms with Gasteiger partial charge >= 0.3 is 12.0 Å². The van der Waals surface area contributed by atoms with E-state index in [1.54, 1.807) is 42.1 Å². The zero-order chi connectivity index (χ0) is 13.1. The van der Waals surface area contributed by atoms with E-state index in [9.17, 15) is 4.79 Å². The molecule has 2 rings (SSSR count). The molecule has 0 spiro atoms. The van der Waals surface area contributed by atoms with Gasteiger partial charge in [0, 0.05) is 6.20 Å². The summed E-state index contributed by atoms with van der Waals surface area (Å²) in [4.78, 5) is 15.5. The largest absolute Gasteiger partial charge is 0.468 e. The second kappa shape index (κ2) is 5.22. The van der Waals surface area contributed by atoms with Crippen LogP contribution in [0.15, 0.2) is 35.1 Å². The first-order valence-corrected chi connectivity index (χ1v) is 5.92. The third-order valence-corrected chi connectivity index (χ3v) is 2.78. The van der Waals surface area contributed by atoms with Crippen LogP contribution >= 0.6 is 15.9 Å². The lowest BCUT2D eigenvalue weighted by Gasteiger charge is -2.06. The van der Waals surface area contributed by atoms with Crippen molar-refractivity contribution in [3.63, 3.8) is 0 Å². The van der Waals surface area contributed by atoms with Gasteiger partial charge in [0.2, 0.25) is 0 Å². The number of halogens is 1. The second-order valence-electron chi connectivity index (χ2n) is 3.46. The Morgan fingerprint density at radius 3 is 2.50 bits per heavy atom. The smallest absolute Gasteiger partial charge is 0.337 e. The van der Waals surface area contributed by atoms with E-state index in [1.807, 2.05) is 0 Å². The van der Waals surface area contributed by atoms with Gasteiger partial charge in [-0.25, -0.2) is 4.79 Å². The molecule has 0 aliphatic carbocycles. The number of methoxy groups -OCH3 is 2. The summed E-state index contributed by atoms with van der Waals surface area (Å²) in [7, 11) is 2.90. The number of carbonyl (C=O) groups excluding carboxylic acids is 1. The molecule has 0 amide bonds. The van der Waals surface area contributed by atoms with Crippen molar-refractivity contribution < 1.29 is 14.3 Å². The van der Waals surface area contributed by atoms with Crippen molar-refractivity contribution in [1.29, 1.82) is 0 Å². The standard InChI is InChI=1S/C12H11BrN2O3/c1-17-11(16)8-3-5-9(6-4-8)15-7-10(13)14-12(15)18-2/h3-7H,1-2H3. The number of rotatable bonds is 3. The molecule has 0 radical (unpaired) electrons. The van der Waals surface area contributed by atoms with Crippen molar-refractivity contribution in [1.82, 2.24) is 9.55 Å². The van der Waals surface area contributed by atoms with Gasteiger partial charge in [0.1, 0.15) is 4.60 Å². The highest BCUT2D eigenvalue weighted by molar-refractivity contribution is 9.10. The number of hydrogen-bond acceptors (Lipinski definition) is 4. The lowest BCUT2D eigenvalue weighted by atomic mass is 10.2. The van der Waals surface area contributed by atoms with Gasteiger partial charge in [0.25, 0.3) is 0 Å². The second-order valence-corrected chi connectivity index (χ2v) is 4.27. The molecule has 0 unspecified atom stereocenters. The molecular weight excluding hydrogens is 300 g/mol. The van der Waals surface area contributed by atoms with Crippen LogP contribution in [0.5, 0.6) is 6.01 Å². The van der Waals surface area contributed by atoms with Crippen molar-refractivity contribution in [3.05, 3.63) is 40.6 Å². The predicted molar refractivity (Wildman–Crippen MR) is 69.2 cm³/mol. The number of esters is 1. The average molecular weight is 311 g/mol. The summed E-state index contributed by atoms with van der Waals surface area (Å²) in [6.07, 6.45) is 1.78. The minimum absolute atomic E-state index is 0.361. The Hall–Kier alpha value is -1.82. The Labute approximate surface area is 112 Å². The molecule has 1 aromatic heterocycles. The normalized spacial score (nSPS) is 10.2. The van der Waals surface area contributed by atoms with Crippen LogP contribution in [0.1, 0.15) is 10.4 Å². The van der Waals surface area contributed by atoms with Crippen LogP contribution in [-0.2, 0) is 4.74 Å². The molecule has 0 bridgehead atoms. The Balaban J connectivity index is 2.36. The molecule has 2 aromatic rings. The maximum absolute atomic E-state index is 11.3. The fraction of sp³-hybridized carbons (Fsp3) is 0.167. The molecule has 94 valence electrons. The SMILES string of the molecule is COC(=O)c1ccc(-n2cc(Br)nc2OC)cc1. The molecule has 0 saturated carbocycles. The van der Waals surface area contributed by atoms with Crippen LogP contribution in [0.4, 0.5) is 0 Å². The minimum atomic E-state index is -0.361. The van der Waals surface area contributed by atoms with Crippen molar-refractivity contribution >= 4 is 21.9 Å². The Morgan fingerprint density at radius 2 is 1.94 bits per heavy atom. The molecule has 0 fully saturated rings. The third kappa shape index (κ3) is 2.38. The van der Waals surface area contributed by atoms with Crippen LogP contribution in [0.3, 0.4) is 0 Å². The number of benzene rings is 1. The number of aromatic nitrogens is 2. The highest BCUT2D eigenvalue weighted by Crippen LogP contribution is 2.21. The number of imidazole rings is 1. The fourth-order valence-corrected chi connectivity index (χ4v) is 1.90. The van der Waals surface area contributed by atoms with Gasteiger partial charge < -0.3 is 9.47 Å². The molecule has 5 nitrogen and oxygen atoms in total. The van der Waals surface area contributed by atoms with Crippen LogP contribution < -0.4 is 4.74 Å². The lowest BCUT2D eigenvalue weighted by molar-refractivity contribution is 0.0601. The highest BCUT2D eigenvalue weighted by atomic mass is 79.9. The quantitative estimate of drug-likeness (QED) is 0.817. The van der Waals surface area contributed by atoms with Crippen molar-refractivity contribution in [2.75, 3.05) is 14.2 Å². The van der Waals surface area contributed by atoms with E-state index in [0.29, 0.717) is 16.2 Å². The molecular formula is C12H11BrN2O3. The third-order valence-electron chi connectivity index (χ3n) is 2.39. The summed E-state index contributed by atoms with van der Waals surface area (Å²) < 4.78 is 12.2. The van der Waals surface area contributed by atoms with Gasteiger partial charge in [-0.3, -0.25) is 4.57 Å². The summed E-state index contributed by atoms with van der Waals surface area (Å²) in [5.41, 5.74) is 1.34. The summed E-state index contributed by atoms with van der Waals surface area (Å²) in [6, 6.07) is 7.43. The van der Waals surface area contributed by atoms with Crippen molar-refractivity contribution in [2.45, 2.75) is 0 Å². The van der Waals surface area contributed by atoms with Crippen molar-refractivity contribution in [3.8, 4) is 11.7 Å². The number of ether oxygens (including phenoxy) is 2. The molecule has 0 saturated heterocycles. The van der Waals surface area contributed by atoms with Crippen LogP contribution in [-0.4, -0.2) is 29.7 Å². The number of hydrogen-bond donors (Lipinski definition) is 0. The number of nitrogens with zero attached hydrogens (tertiary/aromatic N) is 2. The minimum Gasteiger partial charge on any atom is -0.468 e. The maximum Gasteiger partial charge on any atom is 0.337 e. The first-order valence-electron chi connectivity index (χ1n) is 5.13. The molecule has 6 heteroatoms. The van der Waals surface area contributed by atoms with Gasteiger partial charge in [-0.15, -0.1) is 0 Å².